The fourth-order valence-corrected chi connectivity index (χ4v) is 2.58. The molecule has 0 aromatic carbocycles. The summed E-state index contributed by atoms with van der Waals surface area (Å²) in [6, 6.07) is -0.527. The second kappa shape index (κ2) is 6.36. The number of aliphatic hydroxyl groups is 1. The maximum atomic E-state index is 11.1. The number of carboxylic acid groups (broad SMARTS) is 1. The Morgan fingerprint density at radius 2 is 2.06 bits per heavy atom. The topological polar surface area (TPSA) is 69.6 Å². The third-order valence-corrected chi connectivity index (χ3v) is 3.89. The zero-order chi connectivity index (χ0) is 12.9. The van der Waals surface area contributed by atoms with Crippen molar-refractivity contribution in [3.63, 3.8) is 0 Å². The first kappa shape index (κ1) is 14.5. The fourth-order valence-electron chi connectivity index (χ4n) is 2.58. The molecule has 3 N–H and O–H groups in total. The van der Waals surface area contributed by atoms with Crippen molar-refractivity contribution in [3.05, 3.63) is 0 Å². The van der Waals surface area contributed by atoms with Gasteiger partial charge in [-0.05, 0) is 38.0 Å². The molecule has 0 radical (unpaired) electrons. The van der Waals surface area contributed by atoms with Crippen LogP contribution in [0.4, 0.5) is 0 Å². The Morgan fingerprint density at radius 1 is 1.47 bits per heavy atom. The summed E-state index contributed by atoms with van der Waals surface area (Å²) >= 11 is 0. The van der Waals surface area contributed by atoms with Gasteiger partial charge in [-0.15, -0.1) is 0 Å². The molecular formula is C13H25NO3. The van der Waals surface area contributed by atoms with Crippen LogP contribution in [0.2, 0.25) is 0 Å². The molecule has 17 heavy (non-hydrogen) atoms. The van der Waals surface area contributed by atoms with Crippen LogP contribution in [0.15, 0.2) is 0 Å². The molecule has 1 rings (SSSR count). The van der Waals surface area contributed by atoms with Crippen molar-refractivity contribution in [2.45, 2.75) is 64.0 Å². The van der Waals surface area contributed by atoms with Crippen molar-refractivity contribution in [2.24, 2.45) is 5.92 Å². The van der Waals surface area contributed by atoms with E-state index in [1.165, 1.54) is 0 Å². The summed E-state index contributed by atoms with van der Waals surface area (Å²) in [5, 5.41) is 21.9. The van der Waals surface area contributed by atoms with Gasteiger partial charge >= 0.3 is 5.97 Å². The second-order valence-electron chi connectivity index (χ2n) is 5.44. The second-order valence-corrected chi connectivity index (χ2v) is 5.44. The van der Waals surface area contributed by atoms with Gasteiger partial charge in [-0.3, -0.25) is 10.1 Å². The van der Waals surface area contributed by atoms with Crippen molar-refractivity contribution in [2.75, 3.05) is 6.61 Å². The zero-order valence-corrected chi connectivity index (χ0v) is 10.9. The van der Waals surface area contributed by atoms with Gasteiger partial charge in [0.15, 0.2) is 0 Å². The zero-order valence-electron chi connectivity index (χ0n) is 10.9. The molecule has 1 fully saturated rings. The molecule has 0 saturated heterocycles. The Balaban J connectivity index is 2.63. The smallest absolute Gasteiger partial charge is 0.320 e. The predicted octanol–water partition coefficient (Wildman–Crippen LogP) is 1.77. The van der Waals surface area contributed by atoms with Crippen molar-refractivity contribution in [3.8, 4) is 0 Å². The van der Waals surface area contributed by atoms with Gasteiger partial charge in [0.05, 0.1) is 6.61 Å². The number of hydrogen-bond acceptors (Lipinski definition) is 3. The average molecular weight is 243 g/mol. The summed E-state index contributed by atoms with van der Waals surface area (Å²) in [7, 11) is 0. The number of aliphatic carboxylic acids is 1. The lowest BCUT2D eigenvalue weighted by molar-refractivity contribution is -0.140. The molecule has 1 unspecified atom stereocenters. The van der Waals surface area contributed by atoms with Crippen molar-refractivity contribution in [1.82, 2.24) is 5.32 Å². The summed E-state index contributed by atoms with van der Waals surface area (Å²) in [6.07, 6.45) is 5.32. The molecule has 1 atom stereocenters. The fraction of sp³-hybridized carbons (Fsp3) is 0.923. The van der Waals surface area contributed by atoms with Gasteiger partial charge in [-0.2, -0.15) is 0 Å². The van der Waals surface area contributed by atoms with Gasteiger partial charge in [-0.1, -0.05) is 20.3 Å². The van der Waals surface area contributed by atoms with Crippen LogP contribution in [0.5, 0.6) is 0 Å². The minimum Gasteiger partial charge on any atom is -0.480 e. The molecular weight excluding hydrogens is 218 g/mol. The lowest BCUT2D eigenvalue weighted by Gasteiger charge is -2.40. The maximum absolute atomic E-state index is 11.1. The molecule has 0 bridgehead atoms. The van der Waals surface area contributed by atoms with Crippen molar-refractivity contribution < 1.29 is 15.0 Å². The molecule has 1 aliphatic rings. The van der Waals surface area contributed by atoms with Gasteiger partial charge in [0.25, 0.3) is 0 Å². The van der Waals surface area contributed by atoms with Crippen LogP contribution >= 0.6 is 0 Å². The molecule has 0 aromatic rings. The van der Waals surface area contributed by atoms with Crippen LogP contribution in [0.1, 0.15) is 52.4 Å². The standard InChI is InChI=1S/C13H25NO3/c1-3-4-11(12(16)17)14-13(9-15)7-5-10(2)6-8-13/h10-11,14-15H,3-9H2,1-2H3,(H,16,17). The third kappa shape index (κ3) is 3.96. The molecule has 0 aliphatic heterocycles. The van der Waals surface area contributed by atoms with E-state index in [0.717, 1.165) is 32.1 Å². The minimum absolute atomic E-state index is 0.0349. The van der Waals surface area contributed by atoms with Gasteiger partial charge in [0.1, 0.15) is 6.04 Å². The van der Waals surface area contributed by atoms with Crippen LogP contribution in [0.3, 0.4) is 0 Å². The van der Waals surface area contributed by atoms with Crippen molar-refractivity contribution in [1.29, 1.82) is 0 Å². The van der Waals surface area contributed by atoms with Gasteiger partial charge < -0.3 is 10.2 Å². The van der Waals surface area contributed by atoms with Crippen LogP contribution in [0.25, 0.3) is 0 Å². The van der Waals surface area contributed by atoms with E-state index in [-0.39, 0.29) is 12.1 Å². The molecule has 0 aromatic heterocycles. The SMILES string of the molecule is CCCC(NC1(CO)CCC(C)CC1)C(=O)O. The minimum atomic E-state index is -0.807. The van der Waals surface area contributed by atoms with E-state index in [1.807, 2.05) is 6.92 Å². The third-order valence-electron chi connectivity index (χ3n) is 3.89. The number of carbonyl (C=O) groups is 1. The van der Waals surface area contributed by atoms with Gasteiger partial charge in [0, 0.05) is 5.54 Å². The normalized spacial score (nSPS) is 31.1. The highest BCUT2D eigenvalue weighted by molar-refractivity contribution is 5.73. The van der Waals surface area contributed by atoms with E-state index in [2.05, 4.69) is 12.2 Å². The van der Waals surface area contributed by atoms with Crippen LogP contribution in [-0.2, 0) is 4.79 Å². The maximum Gasteiger partial charge on any atom is 0.320 e. The average Bonchev–Trinajstić information content (AvgIpc) is 2.31. The lowest BCUT2D eigenvalue weighted by Crippen LogP contribution is -2.56. The van der Waals surface area contributed by atoms with E-state index in [0.29, 0.717) is 12.3 Å². The largest absolute Gasteiger partial charge is 0.480 e. The summed E-state index contributed by atoms with van der Waals surface area (Å²) in [6.45, 7) is 4.22. The molecule has 100 valence electrons. The monoisotopic (exact) mass is 243 g/mol. The molecule has 4 heteroatoms. The van der Waals surface area contributed by atoms with E-state index < -0.39 is 12.0 Å². The Hall–Kier alpha value is -0.610. The van der Waals surface area contributed by atoms with E-state index in [9.17, 15) is 9.90 Å². The summed E-state index contributed by atoms with van der Waals surface area (Å²) < 4.78 is 0. The molecule has 4 nitrogen and oxygen atoms in total. The highest BCUT2D eigenvalue weighted by atomic mass is 16.4. The predicted molar refractivity (Wildman–Crippen MR) is 66.9 cm³/mol. The number of carboxylic acids is 1. The quantitative estimate of drug-likeness (QED) is 0.665. The highest BCUT2D eigenvalue weighted by Crippen LogP contribution is 2.32. The van der Waals surface area contributed by atoms with E-state index in [4.69, 9.17) is 5.11 Å². The lowest BCUT2D eigenvalue weighted by atomic mass is 9.77. The Labute approximate surface area is 103 Å². The first-order valence-corrected chi connectivity index (χ1v) is 6.64. The molecule has 1 aliphatic carbocycles. The Morgan fingerprint density at radius 3 is 2.47 bits per heavy atom. The van der Waals surface area contributed by atoms with Crippen molar-refractivity contribution >= 4 is 5.97 Å². The summed E-state index contributed by atoms with van der Waals surface area (Å²) in [4.78, 5) is 11.1. The molecule has 0 amide bonds. The van der Waals surface area contributed by atoms with E-state index >= 15 is 0 Å². The summed E-state index contributed by atoms with van der Waals surface area (Å²) in [5.74, 6) is -0.121. The number of hydrogen-bond donors (Lipinski definition) is 3. The molecule has 0 spiro atoms. The van der Waals surface area contributed by atoms with Crippen LogP contribution in [-0.4, -0.2) is 34.4 Å². The number of rotatable bonds is 6. The van der Waals surface area contributed by atoms with Gasteiger partial charge in [0.2, 0.25) is 0 Å². The first-order valence-electron chi connectivity index (χ1n) is 6.64. The van der Waals surface area contributed by atoms with E-state index in [1.54, 1.807) is 0 Å². The number of nitrogens with one attached hydrogen (secondary N) is 1. The first-order chi connectivity index (χ1) is 8.03. The highest BCUT2D eigenvalue weighted by Gasteiger charge is 2.36. The molecule has 1 saturated carbocycles. The van der Waals surface area contributed by atoms with Crippen LogP contribution in [0, 0.1) is 5.92 Å². The van der Waals surface area contributed by atoms with Gasteiger partial charge in [-0.25, -0.2) is 0 Å². The Bertz CT molecular complexity index is 247. The molecule has 0 heterocycles. The Kier molecular flexibility index (Phi) is 5.40. The number of aliphatic hydroxyl groups excluding tert-OH is 1. The summed E-state index contributed by atoms with van der Waals surface area (Å²) in [5.41, 5.74) is -0.370. The van der Waals surface area contributed by atoms with Crippen LogP contribution < -0.4 is 5.32 Å².